The summed E-state index contributed by atoms with van der Waals surface area (Å²) < 4.78 is 32.3. The number of carbonyl (C=O) groups is 1. The van der Waals surface area contributed by atoms with Crippen LogP contribution in [0.15, 0.2) is 0 Å². The van der Waals surface area contributed by atoms with E-state index in [0.29, 0.717) is 0 Å². The highest BCUT2D eigenvalue weighted by atomic mass is 32.2. The van der Waals surface area contributed by atoms with E-state index in [1.54, 1.807) is 11.6 Å². The number of amides is 1. The largest absolute Gasteiger partial charge is 0.449 e. The first-order valence-electron chi connectivity index (χ1n) is 6.65. The van der Waals surface area contributed by atoms with Gasteiger partial charge in [0.1, 0.15) is 0 Å². The minimum Gasteiger partial charge on any atom is -0.449 e. The third-order valence-electron chi connectivity index (χ3n) is 3.27. The zero-order chi connectivity index (χ0) is 14.3. The number of nitrogens with one attached hydrogen (secondary N) is 2. The monoisotopic (exact) mass is 293 g/mol. The summed E-state index contributed by atoms with van der Waals surface area (Å²) in [6, 6.07) is -0.341. The molecule has 1 atom stereocenters. The van der Waals surface area contributed by atoms with E-state index in [1.165, 1.54) is 6.42 Å². The molecule has 1 unspecified atom stereocenters. The van der Waals surface area contributed by atoms with E-state index in [1.807, 2.05) is 0 Å². The molecule has 1 fully saturated rings. The molecule has 1 amide bonds. The normalized spacial score (nSPS) is 18.8. The second-order valence-corrected chi connectivity index (χ2v) is 6.13. The van der Waals surface area contributed by atoms with Crippen LogP contribution in [0.25, 0.3) is 0 Å². The van der Waals surface area contributed by atoms with Crippen LogP contribution in [0, 0.1) is 5.92 Å². The molecule has 1 rings (SSSR count). The Morgan fingerprint density at radius 2 is 2.00 bits per heavy atom. The Morgan fingerprint density at radius 3 is 2.53 bits per heavy atom. The molecular formula is C11H23N3O4S. The fourth-order valence-corrected chi connectivity index (χ4v) is 3.40. The van der Waals surface area contributed by atoms with E-state index in [-0.39, 0.29) is 25.1 Å². The molecule has 0 aromatic carbocycles. The second-order valence-electron chi connectivity index (χ2n) is 4.68. The summed E-state index contributed by atoms with van der Waals surface area (Å²) in [5.74, 6) is 0.234. The van der Waals surface area contributed by atoms with Crippen molar-refractivity contribution >= 4 is 16.3 Å². The van der Waals surface area contributed by atoms with Crippen LogP contribution in [0.5, 0.6) is 0 Å². The van der Waals surface area contributed by atoms with Crippen LogP contribution in [0.4, 0.5) is 4.79 Å². The Labute approximate surface area is 114 Å². The smallest absolute Gasteiger partial charge is 0.421 e. The molecule has 0 heterocycles. The first-order valence-corrected chi connectivity index (χ1v) is 8.13. The molecule has 0 saturated heterocycles. The van der Waals surface area contributed by atoms with Crippen molar-refractivity contribution in [3.05, 3.63) is 0 Å². The van der Waals surface area contributed by atoms with Crippen molar-refractivity contribution in [2.24, 2.45) is 11.7 Å². The van der Waals surface area contributed by atoms with Gasteiger partial charge in [0.25, 0.3) is 0 Å². The van der Waals surface area contributed by atoms with Gasteiger partial charge in [-0.05, 0) is 25.7 Å². The number of ether oxygens (including phenoxy) is 1. The van der Waals surface area contributed by atoms with Gasteiger partial charge >= 0.3 is 16.3 Å². The van der Waals surface area contributed by atoms with Gasteiger partial charge in [0.15, 0.2) is 0 Å². The van der Waals surface area contributed by atoms with Crippen molar-refractivity contribution < 1.29 is 17.9 Å². The predicted octanol–water partition coefficient (Wildman–Crippen LogP) is 0.475. The summed E-state index contributed by atoms with van der Waals surface area (Å²) in [5, 5.41) is 0. The molecule has 0 radical (unpaired) electrons. The van der Waals surface area contributed by atoms with Crippen LogP contribution in [0.2, 0.25) is 0 Å². The Hall–Kier alpha value is -0.860. The zero-order valence-corrected chi connectivity index (χ0v) is 12.0. The third kappa shape index (κ3) is 5.75. The summed E-state index contributed by atoms with van der Waals surface area (Å²) in [7, 11) is -3.92. The Kier molecular flexibility index (Phi) is 6.53. The molecule has 8 heteroatoms. The maximum atomic E-state index is 11.7. The maximum Gasteiger partial charge on any atom is 0.421 e. The highest BCUT2D eigenvalue weighted by molar-refractivity contribution is 7.88. The Balaban J connectivity index is 2.55. The van der Waals surface area contributed by atoms with Crippen LogP contribution < -0.4 is 15.2 Å². The number of hydrogen-bond donors (Lipinski definition) is 3. The molecule has 0 aliphatic heterocycles. The number of carbonyl (C=O) groups excluding carboxylic acids is 1. The van der Waals surface area contributed by atoms with Gasteiger partial charge in [-0.15, -0.1) is 0 Å². The van der Waals surface area contributed by atoms with Gasteiger partial charge < -0.3 is 10.5 Å². The van der Waals surface area contributed by atoms with E-state index < -0.39 is 16.3 Å². The van der Waals surface area contributed by atoms with Gasteiger partial charge in [-0.1, -0.05) is 19.3 Å². The summed E-state index contributed by atoms with van der Waals surface area (Å²) >= 11 is 0. The zero-order valence-electron chi connectivity index (χ0n) is 11.2. The van der Waals surface area contributed by atoms with Crippen LogP contribution in [0.1, 0.15) is 39.0 Å². The molecule has 1 aliphatic rings. The number of nitrogens with two attached hydrogens (primary N) is 1. The van der Waals surface area contributed by atoms with E-state index in [0.717, 1.165) is 25.7 Å². The maximum absolute atomic E-state index is 11.7. The average Bonchev–Trinajstić information content (AvgIpc) is 2.36. The van der Waals surface area contributed by atoms with E-state index in [2.05, 4.69) is 9.46 Å². The minimum atomic E-state index is -3.92. The number of hydrogen-bond acceptors (Lipinski definition) is 5. The van der Waals surface area contributed by atoms with Gasteiger partial charge in [-0.3, -0.25) is 0 Å². The lowest BCUT2D eigenvalue weighted by molar-refractivity contribution is 0.158. The lowest BCUT2D eigenvalue weighted by Crippen LogP contribution is -2.51. The van der Waals surface area contributed by atoms with Crippen LogP contribution in [0.3, 0.4) is 0 Å². The van der Waals surface area contributed by atoms with Crippen molar-refractivity contribution in [1.29, 1.82) is 0 Å². The molecule has 1 aliphatic carbocycles. The fourth-order valence-electron chi connectivity index (χ4n) is 2.37. The van der Waals surface area contributed by atoms with Gasteiger partial charge in [0.05, 0.1) is 6.61 Å². The average molecular weight is 293 g/mol. The molecule has 0 aromatic heterocycles. The standard InChI is InChI=1S/C11H23N3O4S/c1-2-18-11(15)14-19(16,17)13-10(8-12)9-6-4-3-5-7-9/h9-10,13H,2-8,12H2,1H3,(H,14,15). The van der Waals surface area contributed by atoms with Crippen molar-refractivity contribution in [2.75, 3.05) is 13.2 Å². The predicted molar refractivity (Wildman–Crippen MR) is 71.6 cm³/mol. The summed E-state index contributed by atoms with van der Waals surface area (Å²) in [6.45, 7) is 1.93. The molecule has 0 aromatic rings. The van der Waals surface area contributed by atoms with Gasteiger partial charge in [0, 0.05) is 12.6 Å². The number of rotatable bonds is 6. The summed E-state index contributed by atoms with van der Waals surface area (Å²) in [6.07, 6.45) is 4.31. The van der Waals surface area contributed by atoms with Gasteiger partial charge in [-0.25, -0.2) is 9.52 Å². The van der Waals surface area contributed by atoms with Gasteiger partial charge in [-0.2, -0.15) is 13.1 Å². The van der Waals surface area contributed by atoms with E-state index in [4.69, 9.17) is 5.73 Å². The quantitative estimate of drug-likeness (QED) is 0.659. The molecular weight excluding hydrogens is 270 g/mol. The molecule has 19 heavy (non-hydrogen) atoms. The van der Waals surface area contributed by atoms with Crippen LogP contribution in [-0.2, 0) is 14.9 Å². The van der Waals surface area contributed by atoms with Gasteiger partial charge in [0.2, 0.25) is 0 Å². The molecule has 0 bridgehead atoms. The van der Waals surface area contributed by atoms with Crippen LogP contribution >= 0.6 is 0 Å². The van der Waals surface area contributed by atoms with Crippen molar-refractivity contribution in [3.63, 3.8) is 0 Å². The highest BCUT2D eigenvalue weighted by Gasteiger charge is 2.27. The first-order chi connectivity index (χ1) is 8.98. The van der Waals surface area contributed by atoms with E-state index >= 15 is 0 Å². The minimum absolute atomic E-state index is 0.115. The second kappa shape index (κ2) is 7.66. The lowest BCUT2D eigenvalue weighted by atomic mass is 9.84. The molecule has 7 nitrogen and oxygen atoms in total. The summed E-state index contributed by atoms with van der Waals surface area (Å²) in [5.41, 5.74) is 5.63. The fraction of sp³-hybridized carbons (Fsp3) is 0.909. The lowest BCUT2D eigenvalue weighted by Gasteiger charge is -2.29. The molecule has 0 spiro atoms. The Bertz CT molecular complexity index is 379. The van der Waals surface area contributed by atoms with Crippen molar-refractivity contribution in [2.45, 2.75) is 45.1 Å². The SMILES string of the molecule is CCOC(=O)NS(=O)(=O)NC(CN)C1CCCCC1. The topological polar surface area (TPSA) is 111 Å². The first kappa shape index (κ1) is 16.2. The van der Waals surface area contributed by atoms with Crippen molar-refractivity contribution in [3.8, 4) is 0 Å². The molecule has 1 saturated carbocycles. The van der Waals surface area contributed by atoms with Crippen LogP contribution in [-0.4, -0.2) is 33.7 Å². The third-order valence-corrected chi connectivity index (χ3v) is 4.32. The van der Waals surface area contributed by atoms with Crippen molar-refractivity contribution in [1.82, 2.24) is 9.44 Å². The molecule has 112 valence electrons. The van der Waals surface area contributed by atoms with E-state index in [9.17, 15) is 13.2 Å². The highest BCUT2D eigenvalue weighted by Crippen LogP contribution is 2.26. The summed E-state index contributed by atoms with van der Waals surface area (Å²) in [4.78, 5) is 11.1. The molecule has 4 N–H and O–H groups in total. The Morgan fingerprint density at radius 1 is 1.37 bits per heavy atom.